The van der Waals surface area contributed by atoms with Gasteiger partial charge >= 0.3 is 6.18 Å². The van der Waals surface area contributed by atoms with E-state index in [-0.39, 0.29) is 0 Å². The summed E-state index contributed by atoms with van der Waals surface area (Å²) in [6, 6.07) is 4.99. The standard InChI is InChI=1S/C14H15F3N2O/c1-8-5-11(14(15,16)17)3-4-12(8)13(19-18)10-6-9(2)20-7-10/h3-7,13,19H,18H2,1-2H3. The molecule has 0 fully saturated rings. The SMILES string of the molecule is Cc1cc(C(NN)c2ccc(C(F)(F)F)cc2C)co1. The van der Waals surface area contributed by atoms with E-state index in [1.54, 1.807) is 19.9 Å². The predicted octanol–water partition coefficient (Wildman–Crippen LogP) is 3.47. The van der Waals surface area contributed by atoms with Crippen LogP contribution < -0.4 is 11.3 Å². The third-order valence-corrected chi connectivity index (χ3v) is 3.16. The number of rotatable bonds is 3. The Kier molecular flexibility index (Phi) is 3.87. The molecule has 1 unspecified atom stereocenters. The van der Waals surface area contributed by atoms with Gasteiger partial charge in [-0.1, -0.05) is 6.07 Å². The van der Waals surface area contributed by atoms with Crippen LogP contribution in [0.15, 0.2) is 34.9 Å². The number of furan rings is 1. The first-order chi connectivity index (χ1) is 9.32. The summed E-state index contributed by atoms with van der Waals surface area (Å²) in [6.07, 6.45) is -2.81. The van der Waals surface area contributed by atoms with Gasteiger partial charge < -0.3 is 4.42 Å². The molecule has 1 heterocycles. The lowest BCUT2D eigenvalue weighted by atomic mass is 9.95. The number of alkyl halides is 3. The monoisotopic (exact) mass is 284 g/mol. The fourth-order valence-corrected chi connectivity index (χ4v) is 2.16. The molecule has 0 radical (unpaired) electrons. The third kappa shape index (κ3) is 2.86. The fraction of sp³-hybridized carbons (Fsp3) is 0.286. The number of hydrazine groups is 1. The van der Waals surface area contributed by atoms with Gasteiger partial charge in [-0.3, -0.25) is 5.84 Å². The van der Waals surface area contributed by atoms with Crippen LogP contribution in [0, 0.1) is 13.8 Å². The van der Waals surface area contributed by atoms with E-state index in [2.05, 4.69) is 5.43 Å². The maximum absolute atomic E-state index is 12.7. The number of nitrogens with one attached hydrogen (secondary N) is 1. The molecule has 108 valence electrons. The zero-order chi connectivity index (χ0) is 14.9. The molecule has 3 N–H and O–H groups in total. The number of benzene rings is 1. The lowest BCUT2D eigenvalue weighted by molar-refractivity contribution is -0.137. The smallest absolute Gasteiger partial charge is 0.416 e. The summed E-state index contributed by atoms with van der Waals surface area (Å²) in [6.45, 7) is 3.42. The Bertz CT molecular complexity index is 605. The fourth-order valence-electron chi connectivity index (χ4n) is 2.16. The van der Waals surface area contributed by atoms with E-state index < -0.39 is 17.8 Å². The Morgan fingerprint density at radius 3 is 2.35 bits per heavy atom. The molecule has 0 amide bonds. The van der Waals surface area contributed by atoms with Gasteiger partial charge in [0.25, 0.3) is 0 Å². The van der Waals surface area contributed by atoms with Crippen LogP contribution in [0.1, 0.15) is 34.1 Å². The second kappa shape index (κ2) is 5.30. The van der Waals surface area contributed by atoms with E-state index in [0.717, 1.165) is 17.7 Å². The molecule has 0 spiro atoms. The zero-order valence-electron chi connectivity index (χ0n) is 11.1. The molecule has 2 rings (SSSR count). The third-order valence-electron chi connectivity index (χ3n) is 3.16. The summed E-state index contributed by atoms with van der Waals surface area (Å²) < 4.78 is 43.2. The van der Waals surface area contributed by atoms with Crippen molar-refractivity contribution in [1.82, 2.24) is 5.43 Å². The second-order valence-corrected chi connectivity index (χ2v) is 4.66. The van der Waals surface area contributed by atoms with Crippen molar-refractivity contribution < 1.29 is 17.6 Å². The quantitative estimate of drug-likeness (QED) is 0.670. The summed E-state index contributed by atoms with van der Waals surface area (Å²) in [7, 11) is 0. The van der Waals surface area contributed by atoms with Gasteiger partial charge in [0.05, 0.1) is 17.9 Å². The average Bonchev–Trinajstić information content (AvgIpc) is 2.77. The topological polar surface area (TPSA) is 51.2 Å². The van der Waals surface area contributed by atoms with Gasteiger partial charge in [-0.2, -0.15) is 13.2 Å². The maximum atomic E-state index is 12.7. The number of aryl methyl sites for hydroxylation is 2. The highest BCUT2D eigenvalue weighted by Crippen LogP contribution is 2.33. The van der Waals surface area contributed by atoms with Crippen molar-refractivity contribution in [3.05, 3.63) is 58.5 Å². The first-order valence-electron chi connectivity index (χ1n) is 6.02. The first kappa shape index (κ1) is 14.6. The van der Waals surface area contributed by atoms with Gasteiger partial charge in [0.2, 0.25) is 0 Å². The number of hydrogen-bond acceptors (Lipinski definition) is 3. The van der Waals surface area contributed by atoms with Gasteiger partial charge in [-0.25, -0.2) is 5.43 Å². The molecule has 6 heteroatoms. The van der Waals surface area contributed by atoms with Gasteiger partial charge in [-0.15, -0.1) is 0 Å². The van der Waals surface area contributed by atoms with Gasteiger partial charge in [0.1, 0.15) is 5.76 Å². The lowest BCUT2D eigenvalue weighted by Crippen LogP contribution is -2.29. The van der Waals surface area contributed by atoms with Crippen LogP contribution in [-0.2, 0) is 6.18 Å². The zero-order valence-corrected chi connectivity index (χ0v) is 11.1. The minimum atomic E-state index is -4.35. The molecule has 0 aliphatic carbocycles. The van der Waals surface area contributed by atoms with Crippen LogP contribution in [0.5, 0.6) is 0 Å². The van der Waals surface area contributed by atoms with E-state index in [9.17, 15) is 13.2 Å². The first-order valence-corrected chi connectivity index (χ1v) is 6.02. The second-order valence-electron chi connectivity index (χ2n) is 4.66. The summed E-state index contributed by atoms with van der Waals surface area (Å²) in [5, 5.41) is 0. The van der Waals surface area contributed by atoms with E-state index in [1.807, 2.05) is 0 Å². The molecule has 2 aromatic rings. The van der Waals surface area contributed by atoms with Crippen molar-refractivity contribution in [2.75, 3.05) is 0 Å². The summed E-state index contributed by atoms with van der Waals surface area (Å²) in [4.78, 5) is 0. The molecule has 3 nitrogen and oxygen atoms in total. The maximum Gasteiger partial charge on any atom is 0.416 e. The molecule has 1 aromatic heterocycles. The van der Waals surface area contributed by atoms with E-state index >= 15 is 0 Å². The number of halogens is 3. The van der Waals surface area contributed by atoms with Gasteiger partial charge in [0.15, 0.2) is 0 Å². The molecule has 0 aliphatic rings. The average molecular weight is 284 g/mol. The van der Waals surface area contributed by atoms with Crippen LogP contribution in [0.3, 0.4) is 0 Å². The molecular weight excluding hydrogens is 269 g/mol. The Morgan fingerprint density at radius 2 is 1.90 bits per heavy atom. The van der Waals surface area contributed by atoms with Gasteiger partial charge in [-0.05, 0) is 43.2 Å². The van der Waals surface area contributed by atoms with Crippen molar-refractivity contribution in [2.24, 2.45) is 5.84 Å². The largest absolute Gasteiger partial charge is 0.469 e. The van der Waals surface area contributed by atoms with Crippen molar-refractivity contribution in [3.8, 4) is 0 Å². The molecule has 0 saturated heterocycles. The van der Waals surface area contributed by atoms with E-state index in [1.165, 1.54) is 12.3 Å². The van der Waals surface area contributed by atoms with Crippen molar-refractivity contribution in [3.63, 3.8) is 0 Å². The van der Waals surface area contributed by atoms with Crippen molar-refractivity contribution >= 4 is 0 Å². The number of nitrogens with two attached hydrogens (primary N) is 1. The molecular formula is C14H15F3N2O. The van der Waals surface area contributed by atoms with Gasteiger partial charge in [0, 0.05) is 5.56 Å². The summed E-state index contributed by atoms with van der Waals surface area (Å²) in [5.74, 6) is 6.24. The highest BCUT2D eigenvalue weighted by Gasteiger charge is 2.31. The van der Waals surface area contributed by atoms with Crippen LogP contribution >= 0.6 is 0 Å². The Balaban J connectivity index is 2.41. The summed E-state index contributed by atoms with van der Waals surface area (Å²) >= 11 is 0. The van der Waals surface area contributed by atoms with Crippen LogP contribution in [-0.4, -0.2) is 0 Å². The Morgan fingerprint density at radius 1 is 1.20 bits per heavy atom. The molecule has 0 saturated carbocycles. The van der Waals surface area contributed by atoms with Crippen LogP contribution in [0.25, 0.3) is 0 Å². The molecule has 0 bridgehead atoms. The van der Waals surface area contributed by atoms with Crippen LogP contribution in [0.4, 0.5) is 13.2 Å². The van der Waals surface area contributed by atoms with E-state index in [0.29, 0.717) is 16.9 Å². The normalized spacial score (nSPS) is 13.5. The highest BCUT2D eigenvalue weighted by atomic mass is 19.4. The van der Waals surface area contributed by atoms with Crippen molar-refractivity contribution in [1.29, 1.82) is 0 Å². The molecule has 0 aliphatic heterocycles. The minimum Gasteiger partial charge on any atom is -0.469 e. The predicted molar refractivity (Wildman–Crippen MR) is 68.8 cm³/mol. The molecule has 1 atom stereocenters. The molecule has 1 aromatic carbocycles. The summed E-state index contributed by atoms with van der Waals surface area (Å²) in [5.41, 5.74) is 3.91. The van der Waals surface area contributed by atoms with Crippen molar-refractivity contribution in [2.45, 2.75) is 26.1 Å². The highest BCUT2D eigenvalue weighted by molar-refractivity contribution is 5.39. The Hall–Kier alpha value is -1.79. The Labute approximate surface area is 114 Å². The number of hydrogen-bond donors (Lipinski definition) is 2. The lowest BCUT2D eigenvalue weighted by Gasteiger charge is -2.18. The minimum absolute atomic E-state index is 0.408. The van der Waals surface area contributed by atoms with E-state index in [4.69, 9.17) is 10.3 Å². The van der Waals surface area contributed by atoms with Crippen LogP contribution in [0.2, 0.25) is 0 Å². The molecule has 20 heavy (non-hydrogen) atoms.